The number of nitrogens with zero attached hydrogens (tertiary/aromatic N) is 1. The van der Waals surface area contributed by atoms with E-state index in [1.54, 1.807) is 0 Å². The van der Waals surface area contributed by atoms with Crippen LogP contribution in [-0.4, -0.2) is 4.98 Å². The summed E-state index contributed by atoms with van der Waals surface area (Å²) in [6.07, 6.45) is 0. The number of benzene rings is 1. The fourth-order valence-corrected chi connectivity index (χ4v) is 1.15. The van der Waals surface area contributed by atoms with E-state index in [9.17, 15) is 0 Å². The number of hydrogen-bond acceptors (Lipinski definition) is 2. The molecular formula is C11H15NO. The predicted octanol–water partition coefficient (Wildman–Crippen LogP) is 3.47. The van der Waals surface area contributed by atoms with Crippen LogP contribution in [0.1, 0.15) is 25.3 Å². The first-order chi connectivity index (χ1) is 6.25. The van der Waals surface area contributed by atoms with Crippen LogP contribution in [0.3, 0.4) is 0 Å². The number of hydrogen-bond donors (Lipinski definition) is 0. The molecule has 0 saturated heterocycles. The summed E-state index contributed by atoms with van der Waals surface area (Å²) in [5, 5.41) is 0. The van der Waals surface area contributed by atoms with Crippen molar-refractivity contribution in [3.8, 4) is 0 Å². The van der Waals surface area contributed by atoms with Crippen molar-refractivity contribution in [1.82, 2.24) is 4.98 Å². The second-order valence-corrected chi connectivity index (χ2v) is 2.70. The zero-order chi connectivity index (χ0) is 9.84. The van der Waals surface area contributed by atoms with Gasteiger partial charge in [-0.3, -0.25) is 0 Å². The third-order valence-corrected chi connectivity index (χ3v) is 1.65. The molecule has 13 heavy (non-hydrogen) atoms. The second-order valence-electron chi connectivity index (χ2n) is 2.70. The van der Waals surface area contributed by atoms with Gasteiger partial charge in [-0.25, -0.2) is 4.98 Å². The van der Waals surface area contributed by atoms with Gasteiger partial charge in [-0.2, -0.15) is 0 Å². The van der Waals surface area contributed by atoms with Gasteiger partial charge < -0.3 is 4.42 Å². The average molecular weight is 177 g/mol. The molecule has 0 N–H and O–H groups in total. The molecule has 0 saturated carbocycles. The van der Waals surface area contributed by atoms with Crippen molar-refractivity contribution in [3.63, 3.8) is 0 Å². The molecule has 1 heterocycles. The van der Waals surface area contributed by atoms with Crippen molar-refractivity contribution in [3.05, 3.63) is 29.7 Å². The molecule has 1 aromatic heterocycles. The molecular weight excluding hydrogens is 162 g/mol. The van der Waals surface area contributed by atoms with Crippen LogP contribution in [-0.2, 0) is 0 Å². The van der Waals surface area contributed by atoms with Gasteiger partial charge in [0.2, 0.25) is 0 Å². The molecule has 0 aliphatic rings. The molecule has 0 amide bonds. The molecule has 2 nitrogen and oxygen atoms in total. The topological polar surface area (TPSA) is 26.0 Å². The Morgan fingerprint density at radius 1 is 1.15 bits per heavy atom. The maximum atomic E-state index is 5.31. The molecule has 2 heteroatoms. The Balaban J connectivity index is 0.000000396. The smallest absolute Gasteiger partial charge is 0.192 e. The summed E-state index contributed by atoms with van der Waals surface area (Å²) in [5.74, 6) is 0.727. The Hall–Kier alpha value is -1.31. The van der Waals surface area contributed by atoms with Crippen LogP contribution in [0.4, 0.5) is 0 Å². The molecule has 2 rings (SSSR count). The lowest BCUT2D eigenvalue weighted by molar-refractivity contribution is 0.561. The number of fused-ring (bicyclic) bond motifs is 1. The summed E-state index contributed by atoms with van der Waals surface area (Å²) in [6.45, 7) is 7.90. The van der Waals surface area contributed by atoms with E-state index in [0.29, 0.717) is 0 Å². The molecule has 70 valence electrons. The van der Waals surface area contributed by atoms with E-state index >= 15 is 0 Å². The first-order valence-electron chi connectivity index (χ1n) is 4.59. The summed E-state index contributed by atoms with van der Waals surface area (Å²) in [5.41, 5.74) is 3.03. The quantitative estimate of drug-likeness (QED) is 0.615. The molecule has 2 aromatic rings. The maximum Gasteiger partial charge on any atom is 0.192 e. The Kier molecular flexibility index (Phi) is 3.07. The van der Waals surface area contributed by atoms with Crippen molar-refractivity contribution in [2.75, 3.05) is 0 Å². The molecule has 0 fully saturated rings. The molecule has 0 aliphatic heterocycles. The standard InChI is InChI=1S/C9H9NO.C2H6/c1-6-3-4-9-8(5-6)10-7(2)11-9;1-2/h3-5H,1-2H3;1-2H3. The van der Waals surface area contributed by atoms with E-state index in [1.165, 1.54) is 5.56 Å². The van der Waals surface area contributed by atoms with Gasteiger partial charge in [0.05, 0.1) is 0 Å². The molecule has 0 aliphatic carbocycles. The highest BCUT2D eigenvalue weighted by molar-refractivity contribution is 5.73. The van der Waals surface area contributed by atoms with Crippen molar-refractivity contribution in [1.29, 1.82) is 0 Å². The van der Waals surface area contributed by atoms with Gasteiger partial charge in [-0.1, -0.05) is 19.9 Å². The van der Waals surface area contributed by atoms with Crippen LogP contribution >= 0.6 is 0 Å². The summed E-state index contributed by atoms with van der Waals surface area (Å²) >= 11 is 0. The fourth-order valence-electron chi connectivity index (χ4n) is 1.15. The highest BCUT2D eigenvalue weighted by atomic mass is 16.3. The molecule has 0 radical (unpaired) electrons. The molecule has 0 unspecified atom stereocenters. The van der Waals surface area contributed by atoms with Gasteiger partial charge in [-0.15, -0.1) is 0 Å². The van der Waals surface area contributed by atoms with E-state index in [1.807, 2.05) is 45.9 Å². The predicted molar refractivity (Wildman–Crippen MR) is 54.8 cm³/mol. The third kappa shape index (κ3) is 2.08. The van der Waals surface area contributed by atoms with Gasteiger partial charge >= 0.3 is 0 Å². The molecule has 1 aromatic carbocycles. The van der Waals surface area contributed by atoms with Crippen molar-refractivity contribution in [2.24, 2.45) is 0 Å². The zero-order valence-electron chi connectivity index (χ0n) is 8.59. The van der Waals surface area contributed by atoms with Crippen LogP contribution in [0.25, 0.3) is 11.1 Å². The number of oxazole rings is 1. The largest absolute Gasteiger partial charge is 0.441 e. The lowest BCUT2D eigenvalue weighted by Crippen LogP contribution is -1.71. The first kappa shape index (κ1) is 9.78. The Bertz CT molecular complexity index is 390. The number of aryl methyl sites for hydroxylation is 2. The molecule has 0 atom stereocenters. The minimum absolute atomic E-state index is 0.727. The van der Waals surface area contributed by atoms with Crippen molar-refractivity contribution >= 4 is 11.1 Å². The Morgan fingerprint density at radius 3 is 2.54 bits per heavy atom. The minimum atomic E-state index is 0.727. The SMILES string of the molecule is CC.Cc1ccc2oc(C)nc2c1. The van der Waals surface area contributed by atoms with E-state index in [0.717, 1.165) is 17.0 Å². The third-order valence-electron chi connectivity index (χ3n) is 1.65. The zero-order valence-corrected chi connectivity index (χ0v) is 8.59. The highest BCUT2D eigenvalue weighted by Crippen LogP contribution is 2.15. The molecule has 0 bridgehead atoms. The normalized spacial score (nSPS) is 9.54. The maximum absolute atomic E-state index is 5.31. The Morgan fingerprint density at radius 2 is 1.85 bits per heavy atom. The lowest BCUT2D eigenvalue weighted by Gasteiger charge is -1.87. The summed E-state index contributed by atoms with van der Waals surface area (Å²) in [7, 11) is 0. The van der Waals surface area contributed by atoms with Crippen molar-refractivity contribution < 1.29 is 4.42 Å². The summed E-state index contributed by atoms with van der Waals surface area (Å²) in [6, 6.07) is 5.99. The van der Waals surface area contributed by atoms with Crippen LogP contribution in [0.15, 0.2) is 22.6 Å². The van der Waals surface area contributed by atoms with Gasteiger partial charge in [0.1, 0.15) is 5.52 Å². The van der Waals surface area contributed by atoms with E-state index < -0.39 is 0 Å². The lowest BCUT2D eigenvalue weighted by atomic mass is 10.2. The Labute approximate surface area is 78.6 Å². The fraction of sp³-hybridized carbons (Fsp3) is 0.364. The monoisotopic (exact) mass is 177 g/mol. The van der Waals surface area contributed by atoms with E-state index in [-0.39, 0.29) is 0 Å². The second kappa shape index (κ2) is 4.08. The molecule has 0 spiro atoms. The van der Waals surface area contributed by atoms with Gasteiger partial charge in [0.15, 0.2) is 11.5 Å². The van der Waals surface area contributed by atoms with Crippen LogP contribution in [0.2, 0.25) is 0 Å². The minimum Gasteiger partial charge on any atom is -0.441 e. The van der Waals surface area contributed by atoms with Crippen LogP contribution < -0.4 is 0 Å². The van der Waals surface area contributed by atoms with Crippen LogP contribution in [0.5, 0.6) is 0 Å². The summed E-state index contributed by atoms with van der Waals surface area (Å²) in [4.78, 5) is 4.21. The van der Waals surface area contributed by atoms with E-state index in [2.05, 4.69) is 4.98 Å². The summed E-state index contributed by atoms with van der Waals surface area (Å²) < 4.78 is 5.31. The van der Waals surface area contributed by atoms with Gasteiger partial charge in [-0.05, 0) is 24.6 Å². The van der Waals surface area contributed by atoms with Gasteiger partial charge in [0, 0.05) is 6.92 Å². The highest BCUT2D eigenvalue weighted by Gasteiger charge is 1.99. The first-order valence-corrected chi connectivity index (χ1v) is 4.59. The number of rotatable bonds is 0. The van der Waals surface area contributed by atoms with Gasteiger partial charge in [0.25, 0.3) is 0 Å². The number of aromatic nitrogens is 1. The van der Waals surface area contributed by atoms with E-state index in [4.69, 9.17) is 4.42 Å². The van der Waals surface area contributed by atoms with Crippen LogP contribution in [0, 0.1) is 13.8 Å². The average Bonchev–Trinajstić information content (AvgIpc) is 2.48. The van der Waals surface area contributed by atoms with Crippen molar-refractivity contribution in [2.45, 2.75) is 27.7 Å².